The molecule has 0 radical (unpaired) electrons. The average Bonchev–Trinajstić information content (AvgIpc) is 2.22. The molecule has 0 aliphatic carbocycles. The minimum atomic E-state index is 0.485. The van der Waals surface area contributed by atoms with Crippen molar-refractivity contribution in [2.75, 3.05) is 13.7 Å². The van der Waals surface area contributed by atoms with E-state index in [2.05, 4.69) is 16.9 Å². The first-order valence-electron chi connectivity index (χ1n) is 4.80. The zero-order valence-corrected chi connectivity index (χ0v) is 9.55. The molecule has 1 aromatic rings. The van der Waals surface area contributed by atoms with Gasteiger partial charge in [0.25, 0.3) is 0 Å². The van der Waals surface area contributed by atoms with Crippen LogP contribution in [0.15, 0.2) is 24.9 Å². The Morgan fingerprint density at radius 3 is 3.07 bits per heavy atom. The second-order valence-electron chi connectivity index (χ2n) is 3.09. The quantitative estimate of drug-likeness (QED) is 0.598. The van der Waals surface area contributed by atoms with Gasteiger partial charge >= 0.3 is 0 Å². The summed E-state index contributed by atoms with van der Waals surface area (Å²) in [5.74, 6) is 0.485. The fourth-order valence-corrected chi connectivity index (χ4v) is 1.35. The van der Waals surface area contributed by atoms with Crippen molar-refractivity contribution < 1.29 is 4.74 Å². The fourth-order valence-electron chi connectivity index (χ4n) is 1.11. The maximum atomic E-state index is 6.00. The van der Waals surface area contributed by atoms with E-state index in [1.165, 1.54) is 0 Å². The highest BCUT2D eigenvalue weighted by atomic mass is 35.5. The predicted octanol–water partition coefficient (Wildman–Crippen LogP) is 2.41. The number of nitrogens with zero attached hydrogens (tertiary/aromatic N) is 1. The molecule has 0 spiro atoms. The average molecular weight is 227 g/mol. The second kappa shape index (κ2) is 6.43. The zero-order chi connectivity index (χ0) is 11.1. The van der Waals surface area contributed by atoms with E-state index in [4.69, 9.17) is 16.3 Å². The van der Waals surface area contributed by atoms with Crippen LogP contribution in [0.25, 0.3) is 0 Å². The Labute approximate surface area is 95.1 Å². The lowest BCUT2D eigenvalue weighted by Crippen LogP contribution is -2.06. The molecular weight excluding hydrogens is 212 g/mol. The molecule has 1 N–H and O–H groups in total. The van der Waals surface area contributed by atoms with Gasteiger partial charge in [-0.15, -0.1) is 6.58 Å². The number of halogens is 1. The maximum Gasteiger partial charge on any atom is 0.232 e. The molecule has 0 aliphatic heterocycles. The highest BCUT2D eigenvalue weighted by molar-refractivity contribution is 6.31. The summed E-state index contributed by atoms with van der Waals surface area (Å²) in [6, 6.07) is 1.86. The van der Waals surface area contributed by atoms with Crippen molar-refractivity contribution in [1.29, 1.82) is 0 Å². The number of rotatable bonds is 6. The van der Waals surface area contributed by atoms with E-state index >= 15 is 0 Å². The molecule has 0 saturated heterocycles. The molecule has 0 amide bonds. The molecule has 4 heteroatoms. The lowest BCUT2D eigenvalue weighted by Gasteiger charge is -2.07. The largest absolute Gasteiger partial charge is 0.476 e. The van der Waals surface area contributed by atoms with E-state index < -0.39 is 0 Å². The SMILES string of the molecule is C=CCCOc1ncc(CNC)cc1Cl. The van der Waals surface area contributed by atoms with Crippen molar-refractivity contribution in [2.45, 2.75) is 13.0 Å². The first-order chi connectivity index (χ1) is 7.27. The van der Waals surface area contributed by atoms with E-state index in [9.17, 15) is 0 Å². The molecule has 0 aromatic carbocycles. The van der Waals surface area contributed by atoms with Gasteiger partial charge in [-0.05, 0) is 25.1 Å². The molecule has 0 unspecified atom stereocenters. The third-order valence-corrected chi connectivity index (χ3v) is 2.08. The third kappa shape index (κ3) is 3.90. The molecule has 0 fully saturated rings. The van der Waals surface area contributed by atoms with Gasteiger partial charge in [0.15, 0.2) is 0 Å². The van der Waals surface area contributed by atoms with Crippen LogP contribution in [0, 0.1) is 0 Å². The molecule has 0 atom stereocenters. The third-order valence-electron chi connectivity index (χ3n) is 1.81. The van der Waals surface area contributed by atoms with Gasteiger partial charge < -0.3 is 10.1 Å². The topological polar surface area (TPSA) is 34.1 Å². The Morgan fingerprint density at radius 2 is 2.47 bits per heavy atom. The number of hydrogen-bond acceptors (Lipinski definition) is 3. The zero-order valence-electron chi connectivity index (χ0n) is 8.79. The molecule has 0 bridgehead atoms. The van der Waals surface area contributed by atoms with Gasteiger partial charge in [0, 0.05) is 12.7 Å². The molecule has 3 nitrogen and oxygen atoms in total. The van der Waals surface area contributed by atoms with Crippen molar-refractivity contribution in [2.24, 2.45) is 0 Å². The predicted molar refractivity (Wildman–Crippen MR) is 62.3 cm³/mol. The van der Waals surface area contributed by atoms with Crippen LogP contribution in [0.1, 0.15) is 12.0 Å². The van der Waals surface area contributed by atoms with Crippen LogP contribution < -0.4 is 10.1 Å². The first kappa shape index (κ1) is 12.0. The van der Waals surface area contributed by atoms with Gasteiger partial charge in [-0.1, -0.05) is 17.7 Å². The Hall–Kier alpha value is -1.06. The van der Waals surface area contributed by atoms with Gasteiger partial charge in [0.1, 0.15) is 5.02 Å². The van der Waals surface area contributed by atoms with E-state index in [0.29, 0.717) is 17.5 Å². The number of hydrogen-bond donors (Lipinski definition) is 1. The summed E-state index contributed by atoms with van der Waals surface area (Å²) in [7, 11) is 1.88. The molecule has 1 rings (SSSR count). The van der Waals surface area contributed by atoms with Gasteiger partial charge in [0.2, 0.25) is 5.88 Å². The number of ether oxygens (including phenoxy) is 1. The first-order valence-corrected chi connectivity index (χ1v) is 5.18. The minimum absolute atomic E-state index is 0.485. The summed E-state index contributed by atoms with van der Waals surface area (Å²) < 4.78 is 5.38. The fraction of sp³-hybridized carbons (Fsp3) is 0.364. The number of pyridine rings is 1. The molecule has 0 saturated carbocycles. The van der Waals surface area contributed by atoms with Crippen LogP contribution in [0.4, 0.5) is 0 Å². The van der Waals surface area contributed by atoms with E-state index in [1.54, 1.807) is 12.3 Å². The van der Waals surface area contributed by atoms with Crippen LogP contribution in [-0.4, -0.2) is 18.6 Å². The van der Waals surface area contributed by atoms with Crippen molar-refractivity contribution in [1.82, 2.24) is 10.3 Å². The van der Waals surface area contributed by atoms with Gasteiger partial charge in [-0.25, -0.2) is 4.98 Å². The number of nitrogens with one attached hydrogen (secondary N) is 1. The molecule has 82 valence electrons. The monoisotopic (exact) mass is 226 g/mol. The molecule has 1 aromatic heterocycles. The van der Waals surface area contributed by atoms with Gasteiger partial charge in [0.05, 0.1) is 6.61 Å². The van der Waals surface area contributed by atoms with Crippen molar-refractivity contribution in [3.63, 3.8) is 0 Å². The van der Waals surface area contributed by atoms with Crippen molar-refractivity contribution >= 4 is 11.6 Å². The number of aromatic nitrogens is 1. The highest BCUT2D eigenvalue weighted by Crippen LogP contribution is 2.22. The molecule has 0 aliphatic rings. The molecule has 1 heterocycles. The van der Waals surface area contributed by atoms with Crippen LogP contribution in [0.2, 0.25) is 5.02 Å². The van der Waals surface area contributed by atoms with Crippen LogP contribution >= 0.6 is 11.6 Å². The Kier molecular flexibility index (Phi) is 5.15. The summed E-state index contributed by atoms with van der Waals surface area (Å²) in [6.45, 7) is 4.92. The summed E-state index contributed by atoms with van der Waals surface area (Å²) >= 11 is 6.00. The minimum Gasteiger partial charge on any atom is -0.476 e. The van der Waals surface area contributed by atoms with Crippen LogP contribution in [0.3, 0.4) is 0 Å². The summed E-state index contributed by atoms with van der Waals surface area (Å²) in [4.78, 5) is 4.14. The standard InChI is InChI=1S/C11H15ClN2O/c1-3-4-5-15-11-10(12)6-9(7-13-2)8-14-11/h3,6,8,13H,1,4-5,7H2,2H3. The van der Waals surface area contributed by atoms with Gasteiger partial charge in [-0.2, -0.15) is 0 Å². The molecular formula is C11H15ClN2O. The second-order valence-corrected chi connectivity index (χ2v) is 3.49. The lowest BCUT2D eigenvalue weighted by atomic mass is 10.3. The van der Waals surface area contributed by atoms with Crippen molar-refractivity contribution in [3.05, 3.63) is 35.5 Å². The summed E-state index contributed by atoms with van der Waals surface area (Å²) in [5, 5.41) is 3.58. The Morgan fingerprint density at radius 1 is 1.67 bits per heavy atom. The highest BCUT2D eigenvalue weighted by Gasteiger charge is 2.03. The van der Waals surface area contributed by atoms with Gasteiger partial charge in [-0.3, -0.25) is 0 Å². The van der Waals surface area contributed by atoms with Crippen LogP contribution in [-0.2, 0) is 6.54 Å². The maximum absolute atomic E-state index is 6.00. The van der Waals surface area contributed by atoms with E-state index in [-0.39, 0.29) is 0 Å². The lowest BCUT2D eigenvalue weighted by molar-refractivity contribution is 0.312. The van der Waals surface area contributed by atoms with Crippen molar-refractivity contribution in [3.8, 4) is 5.88 Å². The summed E-state index contributed by atoms with van der Waals surface area (Å²) in [6.07, 6.45) is 4.34. The summed E-state index contributed by atoms with van der Waals surface area (Å²) in [5.41, 5.74) is 1.04. The Balaban J connectivity index is 2.61. The smallest absolute Gasteiger partial charge is 0.232 e. The Bertz CT molecular complexity index is 328. The van der Waals surface area contributed by atoms with Crippen LogP contribution in [0.5, 0.6) is 5.88 Å². The van der Waals surface area contributed by atoms with E-state index in [0.717, 1.165) is 18.5 Å². The van der Waals surface area contributed by atoms with E-state index in [1.807, 2.05) is 13.1 Å². The molecule has 15 heavy (non-hydrogen) atoms. The normalized spacial score (nSPS) is 10.0.